The van der Waals surface area contributed by atoms with E-state index in [0.29, 0.717) is 51.8 Å². The molecule has 0 heterocycles. The maximum absolute atomic E-state index is 12.8. The topological polar surface area (TPSA) is 125 Å². The lowest BCUT2D eigenvalue weighted by Gasteiger charge is -2.45. The average Bonchev–Trinajstić information content (AvgIpc) is 2.88. The summed E-state index contributed by atoms with van der Waals surface area (Å²) >= 11 is 0. The Balaban J connectivity index is 2.58. The van der Waals surface area contributed by atoms with Crippen molar-refractivity contribution in [3.63, 3.8) is 0 Å². The second kappa shape index (κ2) is 19.4. The summed E-state index contributed by atoms with van der Waals surface area (Å²) in [6.07, 6.45) is 8.60. The monoisotopic (exact) mass is 599 g/mol. The van der Waals surface area contributed by atoms with Gasteiger partial charge in [0.2, 0.25) is 12.0 Å². The van der Waals surface area contributed by atoms with Crippen molar-refractivity contribution in [1.82, 2.24) is 10.6 Å². The number of amides is 2. The van der Waals surface area contributed by atoms with Gasteiger partial charge in [-0.25, -0.2) is 14.6 Å². The summed E-state index contributed by atoms with van der Waals surface area (Å²) in [6, 6.07) is 0.556. The molecule has 2 amide bonds. The summed E-state index contributed by atoms with van der Waals surface area (Å²) in [7, 11) is -2.72. The highest BCUT2D eigenvalue weighted by Crippen LogP contribution is 2.46. The van der Waals surface area contributed by atoms with Gasteiger partial charge in [0.15, 0.2) is 0 Å². The highest BCUT2D eigenvalue weighted by molar-refractivity contribution is 6.60. The molecule has 11 heteroatoms. The van der Waals surface area contributed by atoms with Gasteiger partial charge in [-0.1, -0.05) is 40.5 Å². The van der Waals surface area contributed by atoms with Crippen molar-refractivity contribution in [2.45, 2.75) is 131 Å². The maximum atomic E-state index is 12.8. The van der Waals surface area contributed by atoms with E-state index in [1.165, 1.54) is 0 Å². The summed E-state index contributed by atoms with van der Waals surface area (Å²) in [5.41, 5.74) is -0.186. The second-order valence-corrected chi connectivity index (χ2v) is 15.0. The first kappa shape index (κ1) is 37.2. The number of carbonyl (C=O) groups excluding carboxylic acids is 3. The SMILES string of the molecule is CCCCCC(CCC(=O)NCCC[Si](OCC)(OCC)OCC)OC(=O)NCC1(C)CC(N=C=O)CC(C)(C)C1. The third-order valence-corrected chi connectivity index (χ3v) is 10.6. The fourth-order valence-electron chi connectivity index (χ4n) is 6.16. The molecule has 1 aliphatic carbocycles. The molecule has 238 valence electrons. The molecule has 2 N–H and O–H groups in total. The molecular weight excluding hydrogens is 542 g/mol. The molecule has 0 bridgehead atoms. The number of nitrogens with one attached hydrogen (secondary N) is 2. The minimum Gasteiger partial charge on any atom is -0.446 e. The number of hydrogen-bond acceptors (Lipinski definition) is 8. The van der Waals surface area contributed by atoms with E-state index in [9.17, 15) is 14.4 Å². The molecular formula is C30H57N3O7Si. The first-order valence-corrected chi connectivity index (χ1v) is 17.6. The van der Waals surface area contributed by atoms with Gasteiger partial charge in [0.1, 0.15) is 6.10 Å². The van der Waals surface area contributed by atoms with Crippen molar-refractivity contribution < 1.29 is 32.4 Å². The van der Waals surface area contributed by atoms with Gasteiger partial charge in [0.25, 0.3) is 0 Å². The molecule has 1 saturated carbocycles. The summed E-state index contributed by atoms with van der Waals surface area (Å²) < 4.78 is 23.4. The summed E-state index contributed by atoms with van der Waals surface area (Å²) in [4.78, 5) is 40.2. The van der Waals surface area contributed by atoms with Crippen molar-refractivity contribution in [2.75, 3.05) is 32.9 Å². The molecule has 1 fully saturated rings. The van der Waals surface area contributed by atoms with Crippen LogP contribution in [0.2, 0.25) is 6.04 Å². The van der Waals surface area contributed by atoms with E-state index < -0.39 is 14.9 Å². The van der Waals surface area contributed by atoms with Crippen LogP contribution in [-0.4, -0.2) is 71.9 Å². The lowest BCUT2D eigenvalue weighted by Crippen LogP contribution is -2.46. The van der Waals surface area contributed by atoms with Crippen LogP contribution in [0.25, 0.3) is 0 Å². The Kier molecular flexibility index (Phi) is 17.6. The number of nitrogens with zero attached hydrogens (tertiary/aromatic N) is 1. The Hall–Kier alpha value is -1.78. The number of unbranched alkanes of at least 4 members (excludes halogenated alkanes) is 2. The number of ether oxygens (including phenoxy) is 1. The van der Waals surface area contributed by atoms with E-state index in [2.05, 4.69) is 43.3 Å². The number of aliphatic imine (C=N–C) groups is 1. The summed E-state index contributed by atoms with van der Waals surface area (Å²) in [5, 5.41) is 5.93. The van der Waals surface area contributed by atoms with Crippen molar-refractivity contribution in [3.05, 3.63) is 0 Å². The van der Waals surface area contributed by atoms with Crippen molar-refractivity contribution in [3.8, 4) is 0 Å². The quantitative estimate of drug-likeness (QED) is 0.0726. The molecule has 0 aromatic rings. The highest BCUT2D eigenvalue weighted by Gasteiger charge is 2.42. The van der Waals surface area contributed by atoms with E-state index in [1.807, 2.05) is 20.8 Å². The summed E-state index contributed by atoms with van der Waals surface area (Å²) in [6.45, 7) is 16.9. The van der Waals surface area contributed by atoms with Crippen LogP contribution in [0.5, 0.6) is 0 Å². The molecule has 10 nitrogen and oxygen atoms in total. The Morgan fingerprint density at radius 3 is 2.20 bits per heavy atom. The van der Waals surface area contributed by atoms with Gasteiger partial charge in [-0.3, -0.25) is 4.79 Å². The van der Waals surface area contributed by atoms with Crippen molar-refractivity contribution >= 4 is 26.9 Å². The Labute approximate surface area is 249 Å². The van der Waals surface area contributed by atoms with E-state index in [-0.39, 0.29) is 35.3 Å². The predicted octanol–water partition coefficient (Wildman–Crippen LogP) is 5.92. The van der Waals surface area contributed by atoms with E-state index in [0.717, 1.165) is 44.9 Å². The number of carbonyl (C=O) groups is 2. The standard InChI is InChI=1S/C30H57N3O7Si/c1-8-12-13-15-26(16-17-27(35)31-18-14-19-41(37-9-2,38-10-3)39-11-4)40-28(36)32-23-30(7)21-25(33-24-34)20-29(5,6)22-30/h25-26H,8-23H2,1-7H3,(H,31,35)(H,32,36). The number of isocyanates is 1. The smallest absolute Gasteiger partial charge is 0.446 e. The minimum atomic E-state index is -2.72. The zero-order valence-corrected chi connectivity index (χ0v) is 27.8. The third kappa shape index (κ3) is 15.3. The van der Waals surface area contributed by atoms with Crippen LogP contribution in [0, 0.1) is 10.8 Å². The van der Waals surface area contributed by atoms with Gasteiger partial charge < -0.3 is 28.6 Å². The maximum Gasteiger partial charge on any atom is 0.500 e. The van der Waals surface area contributed by atoms with Gasteiger partial charge in [0.05, 0.1) is 6.04 Å². The molecule has 3 atom stereocenters. The van der Waals surface area contributed by atoms with Gasteiger partial charge in [-0.2, -0.15) is 0 Å². The van der Waals surface area contributed by atoms with Crippen LogP contribution in [0.15, 0.2) is 4.99 Å². The van der Waals surface area contributed by atoms with Crippen molar-refractivity contribution in [1.29, 1.82) is 0 Å². The van der Waals surface area contributed by atoms with Crippen LogP contribution in [0.1, 0.15) is 113 Å². The molecule has 0 spiro atoms. The minimum absolute atomic E-state index is 0.0123. The average molecular weight is 600 g/mol. The number of rotatable bonds is 21. The van der Waals surface area contributed by atoms with Crippen LogP contribution < -0.4 is 10.6 Å². The molecule has 0 aliphatic heterocycles. The zero-order chi connectivity index (χ0) is 30.8. The third-order valence-electron chi connectivity index (χ3n) is 7.49. The van der Waals surface area contributed by atoms with Gasteiger partial charge >= 0.3 is 14.9 Å². The molecule has 3 unspecified atom stereocenters. The van der Waals surface area contributed by atoms with Crippen LogP contribution in [0.3, 0.4) is 0 Å². The van der Waals surface area contributed by atoms with Gasteiger partial charge in [-0.05, 0) is 76.5 Å². The Morgan fingerprint density at radius 2 is 1.61 bits per heavy atom. The first-order valence-electron chi connectivity index (χ1n) is 15.7. The molecule has 1 rings (SSSR count). The molecule has 41 heavy (non-hydrogen) atoms. The second-order valence-electron chi connectivity index (χ2n) is 12.3. The van der Waals surface area contributed by atoms with E-state index >= 15 is 0 Å². The lowest BCUT2D eigenvalue weighted by atomic mass is 9.63. The van der Waals surface area contributed by atoms with Crippen LogP contribution >= 0.6 is 0 Å². The fourth-order valence-corrected chi connectivity index (χ4v) is 8.77. The molecule has 0 saturated heterocycles. The molecule has 0 aromatic heterocycles. The fraction of sp³-hybridized carbons (Fsp3) is 0.900. The van der Waals surface area contributed by atoms with E-state index in [1.54, 1.807) is 6.08 Å². The molecule has 1 aliphatic rings. The Bertz CT molecular complexity index is 805. The largest absolute Gasteiger partial charge is 0.500 e. The predicted molar refractivity (Wildman–Crippen MR) is 162 cm³/mol. The molecule has 0 radical (unpaired) electrons. The highest BCUT2D eigenvalue weighted by atomic mass is 28.4. The van der Waals surface area contributed by atoms with Crippen molar-refractivity contribution in [2.24, 2.45) is 15.8 Å². The number of hydrogen-bond donors (Lipinski definition) is 2. The van der Waals surface area contributed by atoms with Gasteiger partial charge in [-0.15, -0.1) is 0 Å². The van der Waals surface area contributed by atoms with Crippen LogP contribution in [0.4, 0.5) is 4.79 Å². The van der Waals surface area contributed by atoms with Gasteiger partial charge in [0, 0.05) is 45.4 Å². The lowest BCUT2D eigenvalue weighted by molar-refractivity contribution is -0.121. The Morgan fingerprint density at radius 1 is 0.951 bits per heavy atom. The normalized spacial score (nSPS) is 21.0. The van der Waals surface area contributed by atoms with E-state index in [4.69, 9.17) is 18.0 Å². The number of alkyl carbamates (subject to hydrolysis) is 1. The zero-order valence-electron chi connectivity index (χ0n) is 26.8. The summed E-state index contributed by atoms with van der Waals surface area (Å²) in [5.74, 6) is -0.0651. The first-order chi connectivity index (χ1) is 19.5. The molecule has 0 aromatic carbocycles. The van der Waals surface area contributed by atoms with Crippen LogP contribution in [-0.2, 0) is 27.6 Å².